The Balaban J connectivity index is 1.35. The van der Waals surface area contributed by atoms with Crippen LogP contribution in [0.1, 0.15) is 41.6 Å². The van der Waals surface area contributed by atoms with Gasteiger partial charge in [-0.3, -0.25) is 14.6 Å². The van der Waals surface area contributed by atoms with Crippen LogP contribution in [0.25, 0.3) is 22.6 Å². The average molecular weight is 509 g/mol. The first-order valence-electron chi connectivity index (χ1n) is 12.5. The largest absolute Gasteiger partial charge is 0.418 e. The maximum absolute atomic E-state index is 13.3. The van der Waals surface area contributed by atoms with Gasteiger partial charge in [-0.1, -0.05) is 61.9 Å². The molecule has 5 rings (SSSR count). The van der Waals surface area contributed by atoms with E-state index in [0.29, 0.717) is 23.8 Å². The lowest BCUT2D eigenvalue weighted by molar-refractivity contribution is -0.122. The first-order chi connectivity index (χ1) is 18.4. The van der Waals surface area contributed by atoms with Crippen molar-refractivity contribution < 1.29 is 14.0 Å². The van der Waals surface area contributed by atoms with Crippen LogP contribution >= 0.6 is 0 Å². The third kappa shape index (κ3) is 5.36. The number of carbonyl (C=O) groups excluding carboxylic acids is 2. The molecule has 9 heteroatoms. The number of rotatable bonds is 9. The second-order valence-corrected chi connectivity index (χ2v) is 9.55. The van der Waals surface area contributed by atoms with Crippen LogP contribution in [0.3, 0.4) is 0 Å². The van der Waals surface area contributed by atoms with E-state index in [-0.39, 0.29) is 24.3 Å². The van der Waals surface area contributed by atoms with E-state index >= 15 is 0 Å². The minimum atomic E-state index is -0.831. The zero-order chi connectivity index (χ0) is 26.6. The third-order valence-electron chi connectivity index (χ3n) is 6.23. The number of imidazole rings is 1. The Bertz CT molecular complexity index is 1590. The molecule has 192 valence electrons. The van der Waals surface area contributed by atoms with E-state index in [2.05, 4.69) is 20.5 Å². The van der Waals surface area contributed by atoms with Gasteiger partial charge in [0, 0.05) is 6.20 Å². The molecule has 0 aliphatic heterocycles. The molecule has 0 saturated carbocycles. The van der Waals surface area contributed by atoms with Gasteiger partial charge in [0.25, 0.3) is 5.89 Å². The summed E-state index contributed by atoms with van der Waals surface area (Å²) in [6, 6.07) is 20.3. The number of amides is 1. The van der Waals surface area contributed by atoms with Crippen LogP contribution in [0.15, 0.2) is 77.3 Å². The van der Waals surface area contributed by atoms with Crippen LogP contribution < -0.4 is 5.32 Å². The summed E-state index contributed by atoms with van der Waals surface area (Å²) >= 11 is 0. The maximum Gasteiger partial charge on any atom is 0.286 e. The molecule has 0 aliphatic rings. The van der Waals surface area contributed by atoms with Crippen molar-refractivity contribution in [2.24, 2.45) is 5.92 Å². The third-order valence-corrected chi connectivity index (χ3v) is 6.23. The summed E-state index contributed by atoms with van der Waals surface area (Å²) in [6.45, 7) is 5.69. The fourth-order valence-corrected chi connectivity index (χ4v) is 4.38. The van der Waals surface area contributed by atoms with Gasteiger partial charge in [-0.25, -0.2) is 4.98 Å². The lowest BCUT2D eigenvalue weighted by Gasteiger charge is -2.20. The van der Waals surface area contributed by atoms with E-state index in [0.717, 1.165) is 22.2 Å². The highest BCUT2D eigenvalue weighted by atomic mass is 16.4. The van der Waals surface area contributed by atoms with Gasteiger partial charge in [-0.05, 0) is 42.7 Å². The SMILES string of the molecule is Cc1cccc(Cc2nnc(C(=O)[C@@H](NC(=O)Cn3c(-c4ccccn4)nc4ccccc43)C(C)C)o2)c1. The van der Waals surface area contributed by atoms with Crippen molar-refractivity contribution in [1.82, 2.24) is 30.0 Å². The number of pyridine rings is 1. The summed E-state index contributed by atoms with van der Waals surface area (Å²) in [6.07, 6.45) is 2.11. The summed E-state index contributed by atoms with van der Waals surface area (Å²) in [5.74, 6) is -0.152. The van der Waals surface area contributed by atoms with E-state index in [1.165, 1.54) is 0 Å². The zero-order valence-corrected chi connectivity index (χ0v) is 21.5. The molecule has 9 nitrogen and oxygen atoms in total. The van der Waals surface area contributed by atoms with Crippen molar-refractivity contribution >= 4 is 22.7 Å². The van der Waals surface area contributed by atoms with Crippen molar-refractivity contribution in [3.63, 3.8) is 0 Å². The van der Waals surface area contributed by atoms with Crippen LogP contribution in [-0.2, 0) is 17.8 Å². The Labute approximate surface area is 220 Å². The fourth-order valence-electron chi connectivity index (χ4n) is 4.38. The second-order valence-electron chi connectivity index (χ2n) is 9.55. The molecule has 0 aliphatic carbocycles. The van der Waals surface area contributed by atoms with E-state index in [9.17, 15) is 9.59 Å². The van der Waals surface area contributed by atoms with Crippen LogP contribution in [0, 0.1) is 12.8 Å². The molecular weight excluding hydrogens is 480 g/mol. The van der Waals surface area contributed by atoms with Crippen molar-refractivity contribution in [3.8, 4) is 11.5 Å². The molecule has 0 spiro atoms. The molecule has 0 radical (unpaired) electrons. The van der Waals surface area contributed by atoms with Crippen LogP contribution in [-0.4, -0.2) is 42.5 Å². The van der Waals surface area contributed by atoms with Crippen molar-refractivity contribution in [1.29, 1.82) is 0 Å². The second kappa shape index (κ2) is 10.8. The van der Waals surface area contributed by atoms with Gasteiger partial charge in [-0.15, -0.1) is 10.2 Å². The monoisotopic (exact) mass is 508 g/mol. The Morgan fingerprint density at radius 2 is 1.82 bits per heavy atom. The fraction of sp³-hybridized carbons (Fsp3) is 0.241. The quantitative estimate of drug-likeness (QED) is 0.293. The summed E-state index contributed by atoms with van der Waals surface area (Å²) < 4.78 is 7.50. The molecular formula is C29H28N6O3. The molecule has 3 aromatic heterocycles. The lowest BCUT2D eigenvalue weighted by Crippen LogP contribution is -2.45. The van der Waals surface area contributed by atoms with Gasteiger partial charge in [0.2, 0.25) is 17.6 Å². The lowest BCUT2D eigenvalue weighted by atomic mass is 9.99. The highest BCUT2D eigenvalue weighted by molar-refractivity contribution is 5.98. The van der Waals surface area contributed by atoms with Gasteiger partial charge in [0.05, 0.1) is 23.5 Å². The highest BCUT2D eigenvalue weighted by Crippen LogP contribution is 2.23. The molecule has 1 N–H and O–H groups in total. The van der Waals surface area contributed by atoms with Gasteiger partial charge in [0.1, 0.15) is 12.2 Å². The first-order valence-corrected chi connectivity index (χ1v) is 12.5. The molecule has 2 aromatic carbocycles. The van der Waals surface area contributed by atoms with E-state index < -0.39 is 11.8 Å². The van der Waals surface area contributed by atoms with Crippen molar-refractivity contribution in [2.45, 2.75) is 39.8 Å². The number of nitrogens with one attached hydrogen (secondary N) is 1. The number of Topliss-reactive ketones (excluding diaryl/α,β-unsaturated/α-hetero) is 1. The first kappa shape index (κ1) is 25.0. The molecule has 3 heterocycles. The summed E-state index contributed by atoms with van der Waals surface area (Å²) in [5, 5.41) is 10.9. The minimum absolute atomic E-state index is 0.0363. The number of benzene rings is 2. The molecule has 38 heavy (non-hydrogen) atoms. The number of aromatic nitrogens is 5. The molecule has 1 atom stereocenters. The predicted octanol–water partition coefficient (Wildman–Crippen LogP) is 4.40. The standard InChI is InChI=1S/C29H28N6O3/c1-18(2)26(27(37)29-34-33-25(38-29)16-20-10-8-9-19(3)15-20)32-24(36)17-35-23-13-5-4-11-21(23)31-28(35)22-12-6-7-14-30-22/h4-15,18,26H,16-17H2,1-3H3,(H,32,36)/t26-/m0/s1. The summed E-state index contributed by atoms with van der Waals surface area (Å²) in [4.78, 5) is 35.7. The number of para-hydroxylation sites is 2. The number of hydrogen-bond acceptors (Lipinski definition) is 7. The molecule has 0 bridgehead atoms. The van der Waals surface area contributed by atoms with Gasteiger partial charge in [-0.2, -0.15) is 0 Å². The van der Waals surface area contributed by atoms with Crippen molar-refractivity contribution in [2.75, 3.05) is 0 Å². The minimum Gasteiger partial charge on any atom is -0.418 e. The number of hydrogen-bond donors (Lipinski definition) is 1. The summed E-state index contributed by atoms with van der Waals surface area (Å²) in [7, 11) is 0. The summed E-state index contributed by atoms with van der Waals surface area (Å²) in [5.41, 5.74) is 4.34. The van der Waals surface area contributed by atoms with Crippen molar-refractivity contribution in [3.05, 3.63) is 95.8 Å². The zero-order valence-electron chi connectivity index (χ0n) is 21.5. The molecule has 1 amide bonds. The van der Waals surface area contributed by atoms with Gasteiger partial charge >= 0.3 is 0 Å². The Morgan fingerprint density at radius 1 is 1.00 bits per heavy atom. The Kier molecular flexibility index (Phi) is 7.08. The van der Waals surface area contributed by atoms with E-state index in [4.69, 9.17) is 9.40 Å². The molecule has 0 saturated heterocycles. The number of ketones is 1. The normalized spacial score (nSPS) is 12.1. The topological polar surface area (TPSA) is 116 Å². The number of nitrogens with zero attached hydrogens (tertiary/aromatic N) is 5. The highest BCUT2D eigenvalue weighted by Gasteiger charge is 2.30. The van der Waals surface area contributed by atoms with Crippen LogP contribution in [0.4, 0.5) is 0 Å². The number of fused-ring (bicyclic) bond motifs is 1. The van der Waals surface area contributed by atoms with Gasteiger partial charge < -0.3 is 14.3 Å². The Hall–Kier alpha value is -4.66. The molecule has 5 aromatic rings. The average Bonchev–Trinajstić information content (AvgIpc) is 3.52. The van der Waals surface area contributed by atoms with E-state index in [1.54, 1.807) is 6.20 Å². The molecule has 0 fully saturated rings. The predicted molar refractivity (Wildman–Crippen MR) is 142 cm³/mol. The van der Waals surface area contributed by atoms with Crippen LogP contribution in [0.5, 0.6) is 0 Å². The molecule has 0 unspecified atom stereocenters. The van der Waals surface area contributed by atoms with E-state index in [1.807, 2.05) is 92.1 Å². The van der Waals surface area contributed by atoms with Gasteiger partial charge in [0.15, 0.2) is 5.82 Å². The maximum atomic E-state index is 13.3. The van der Waals surface area contributed by atoms with Crippen LogP contribution in [0.2, 0.25) is 0 Å². The number of carbonyl (C=O) groups is 2. The number of aryl methyl sites for hydroxylation is 1. The Morgan fingerprint density at radius 3 is 2.58 bits per heavy atom. The smallest absolute Gasteiger partial charge is 0.286 e.